The van der Waals surface area contributed by atoms with Gasteiger partial charge in [-0.25, -0.2) is 4.98 Å². The van der Waals surface area contributed by atoms with Crippen LogP contribution in [-0.2, 0) is 9.59 Å². The number of hydrogen-bond acceptors (Lipinski definition) is 7. The Morgan fingerprint density at radius 2 is 1.53 bits per heavy atom. The van der Waals surface area contributed by atoms with E-state index in [0.29, 0.717) is 39.4 Å². The first-order chi connectivity index (χ1) is 18.3. The van der Waals surface area contributed by atoms with Crippen molar-refractivity contribution in [3.8, 4) is 17.2 Å². The SMILES string of the molecule is COc1ccc(C2/C(=C(\O)c3cc(C)ccc3OC)C(=O)C(=O)N2c2nc3ccc(C)cc3[nH]2)cc1OC. The maximum atomic E-state index is 13.6. The van der Waals surface area contributed by atoms with E-state index in [1.807, 2.05) is 38.1 Å². The highest BCUT2D eigenvalue weighted by molar-refractivity contribution is 6.51. The lowest BCUT2D eigenvalue weighted by molar-refractivity contribution is -0.132. The first kappa shape index (κ1) is 24.9. The Bertz CT molecular complexity index is 1620. The molecule has 0 aliphatic carbocycles. The van der Waals surface area contributed by atoms with Crippen molar-refractivity contribution >= 4 is 34.4 Å². The minimum atomic E-state index is -1.01. The van der Waals surface area contributed by atoms with Gasteiger partial charge in [0.2, 0.25) is 5.95 Å². The lowest BCUT2D eigenvalue weighted by Gasteiger charge is -2.24. The number of amides is 1. The normalized spacial score (nSPS) is 16.8. The number of aromatic amines is 1. The van der Waals surface area contributed by atoms with Gasteiger partial charge in [-0.05, 0) is 61.4 Å². The summed E-state index contributed by atoms with van der Waals surface area (Å²) in [4.78, 5) is 36.2. The molecule has 1 fully saturated rings. The molecule has 2 N–H and O–H groups in total. The van der Waals surface area contributed by atoms with Crippen molar-refractivity contribution < 1.29 is 28.9 Å². The number of rotatable bonds is 6. The molecule has 1 aliphatic heterocycles. The van der Waals surface area contributed by atoms with E-state index >= 15 is 0 Å². The van der Waals surface area contributed by atoms with Crippen LogP contribution >= 0.6 is 0 Å². The molecule has 0 bridgehead atoms. The number of aliphatic hydroxyl groups excluding tert-OH is 1. The number of aromatic nitrogens is 2. The Morgan fingerprint density at radius 3 is 2.24 bits per heavy atom. The van der Waals surface area contributed by atoms with Crippen molar-refractivity contribution in [2.24, 2.45) is 0 Å². The third kappa shape index (κ3) is 4.02. The van der Waals surface area contributed by atoms with Gasteiger partial charge in [0.25, 0.3) is 5.78 Å². The van der Waals surface area contributed by atoms with Crippen molar-refractivity contribution in [3.63, 3.8) is 0 Å². The fourth-order valence-electron chi connectivity index (χ4n) is 4.77. The van der Waals surface area contributed by atoms with E-state index in [-0.39, 0.29) is 17.3 Å². The molecule has 0 radical (unpaired) electrons. The Labute approximate surface area is 219 Å². The topological polar surface area (TPSA) is 114 Å². The molecule has 194 valence electrons. The number of anilines is 1. The number of aliphatic hydroxyl groups is 1. The molecule has 1 aliphatic rings. The lowest BCUT2D eigenvalue weighted by Crippen LogP contribution is -2.30. The highest BCUT2D eigenvalue weighted by atomic mass is 16.5. The summed E-state index contributed by atoms with van der Waals surface area (Å²) in [5.74, 6) is -0.585. The number of carbonyl (C=O) groups excluding carboxylic acids is 2. The van der Waals surface area contributed by atoms with Crippen LogP contribution in [0.25, 0.3) is 16.8 Å². The molecule has 1 atom stereocenters. The number of hydrogen-bond donors (Lipinski definition) is 2. The quantitative estimate of drug-likeness (QED) is 0.216. The fraction of sp³-hybridized carbons (Fsp3) is 0.207. The van der Waals surface area contributed by atoms with E-state index in [9.17, 15) is 14.7 Å². The number of benzene rings is 3. The molecule has 4 aromatic rings. The van der Waals surface area contributed by atoms with Gasteiger partial charge in [0.05, 0.1) is 49.5 Å². The number of ketones is 1. The maximum absolute atomic E-state index is 13.6. The number of methoxy groups -OCH3 is 3. The van der Waals surface area contributed by atoms with Crippen LogP contribution in [0.15, 0.2) is 60.2 Å². The standard InChI is InChI=1S/C29H27N3O6/c1-15-7-10-21(36-3)18(12-15)26(33)24-25(17-8-11-22(37-4)23(14-17)38-5)32(28(35)27(24)34)29-30-19-9-6-16(2)13-20(19)31-29/h6-14,25,33H,1-5H3,(H,30,31)/b26-24+. The molecular formula is C29H27N3O6. The molecule has 9 heteroatoms. The molecule has 1 aromatic heterocycles. The molecule has 1 amide bonds. The van der Waals surface area contributed by atoms with Gasteiger partial charge in [0, 0.05) is 0 Å². The van der Waals surface area contributed by atoms with Crippen LogP contribution < -0.4 is 19.1 Å². The zero-order chi connectivity index (χ0) is 27.1. The third-order valence-corrected chi connectivity index (χ3v) is 6.63. The molecular weight excluding hydrogens is 486 g/mol. The van der Waals surface area contributed by atoms with Gasteiger partial charge in [0.15, 0.2) is 11.5 Å². The summed E-state index contributed by atoms with van der Waals surface area (Å²) in [5.41, 5.74) is 3.94. The van der Waals surface area contributed by atoms with Crippen molar-refractivity contribution in [3.05, 3.63) is 82.4 Å². The predicted molar refractivity (Wildman–Crippen MR) is 143 cm³/mol. The van der Waals surface area contributed by atoms with Crippen LogP contribution in [0.5, 0.6) is 17.2 Å². The molecule has 9 nitrogen and oxygen atoms in total. The Kier molecular flexibility index (Phi) is 6.28. The highest BCUT2D eigenvalue weighted by Gasteiger charge is 2.48. The van der Waals surface area contributed by atoms with Crippen molar-refractivity contribution in [2.45, 2.75) is 19.9 Å². The highest BCUT2D eigenvalue weighted by Crippen LogP contribution is 2.44. The number of ether oxygens (including phenoxy) is 3. The second-order valence-corrected chi connectivity index (χ2v) is 9.07. The smallest absolute Gasteiger partial charge is 0.302 e. The van der Waals surface area contributed by atoms with Gasteiger partial charge < -0.3 is 24.3 Å². The average Bonchev–Trinajstić information content (AvgIpc) is 3.45. The number of H-pyrrole nitrogens is 1. The van der Waals surface area contributed by atoms with E-state index in [0.717, 1.165) is 11.1 Å². The number of fused-ring (bicyclic) bond motifs is 1. The Morgan fingerprint density at radius 1 is 0.868 bits per heavy atom. The number of nitrogens with one attached hydrogen (secondary N) is 1. The van der Waals surface area contributed by atoms with E-state index in [4.69, 9.17) is 14.2 Å². The molecule has 2 heterocycles. The molecule has 0 spiro atoms. The zero-order valence-corrected chi connectivity index (χ0v) is 21.7. The van der Waals surface area contributed by atoms with E-state index in [2.05, 4.69) is 9.97 Å². The summed E-state index contributed by atoms with van der Waals surface area (Å²) in [7, 11) is 4.49. The van der Waals surface area contributed by atoms with Gasteiger partial charge in [0.1, 0.15) is 11.5 Å². The first-order valence-electron chi connectivity index (χ1n) is 11.9. The monoisotopic (exact) mass is 513 g/mol. The van der Waals surface area contributed by atoms with Crippen molar-refractivity contribution in [1.82, 2.24) is 9.97 Å². The summed E-state index contributed by atoms with van der Waals surface area (Å²) in [5, 5.41) is 11.6. The fourth-order valence-corrected chi connectivity index (χ4v) is 4.77. The summed E-state index contributed by atoms with van der Waals surface area (Å²) in [6.45, 7) is 3.81. The maximum Gasteiger partial charge on any atom is 0.302 e. The van der Waals surface area contributed by atoms with Gasteiger partial charge in [-0.2, -0.15) is 0 Å². The number of carbonyl (C=O) groups is 2. The largest absolute Gasteiger partial charge is 0.507 e. The minimum Gasteiger partial charge on any atom is -0.507 e. The number of Topliss-reactive ketones (excluding diaryl/α,β-unsaturated/α-hetero) is 1. The van der Waals surface area contributed by atoms with Crippen molar-refractivity contribution in [2.75, 3.05) is 26.2 Å². The van der Waals surface area contributed by atoms with Crippen LogP contribution in [-0.4, -0.2) is 48.1 Å². The molecule has 0 saturated carbocycles. The van der Waals surface area contributed by atoms with Crippen LogP contribution in [0.3, 0.4) is 0 Å². The van der Waals surface area contributed by atoms with Gasteiger partial charge in [-0.1, -0.05) is 23.8 Å². The second-order valence-electron chi connectivity index (χ2n) is 9.07. The van der Waals surface area contributed by atoms with Gasteiger partial charge >= 0.3 is 5.91 Å². The third-order valence-electron chi connectivity index (χ3n) is 6.63. The Balaban J connectivity index is 1.78. The predicted octanol–water partition coefficient (Wildman–Crippen LogP) is 4.83. The number of imidazole rings is 1. The minimum absolute atomic E-state index is 0.0947. The van der Waals surface area contributed by atoms with E-state index in [1.54, 1.807) is 30.3 Å². The summed E-state index contributed by atoms with van der Waals surface area (Å²) in [6, 6.07) is 15.0. The van der Waals surface area contributed by atoms with Crippen molar-refractivity contribution in [1.29, 1.82) is 0 Å². The van der Waals surface area contributed by atoms with Crippen LogP contribution in [0.2, 0.25) is 0 Å². The van der Waals surface area contributed by atoms with E-state index in [1.165, 1.54) is 26.2 Å². The van der Waals surface area contributed by atoms with Gasteiger partial charge in [-0.3, -0.25) is 14.5 Å². The van der Waals surface area contributed by atoms with E-state index < -0.39 is 17.7 Å². The van der Waals surface area contributed by atoms with Crippen LogP contribution in [0.1, 0.15) is 28.3 Å². The number of nitrogens with zero attached hydrogens (tertiary/aromatic N) is 2. The molecule has 1 unspecified atom stereocenters. The van der Waals surface area contributed by atoms with Crippen LogP contribution in [0, 0.1) is 13.8 Å². The molecule has 1 saturated heterocycles. The first-order valence-corrected chi connectivity index (χ1v) is 11.9. The summed E-state index contributed by atoms with van der Waals surface area (Å²) < 4.78 is 16.3. The second kappa shape index (κ2) is 9.59. The van der Waals surface area contributed by atoms with Gasteiger partial charge in [-0.15, -0.1) is 0 Å². The molecule has 5 rings (SSSR count). The zero-order valence-electron chi connectivity index (χ0n) is 21.7. The summed E-state index contributed by atoms with van der Waals surface area (Å²) >= 11 is 0. The number of aryl methyl sites for hydroxylation is 2. The Hall–Kier alpha value is -4.79. The average molecular weight is 514 g/mol. The van der Waals surface area contributed by atoms with Crippen LogP contribution in [0.4, 0.5) is 5.95 Å². The molecule has 38 heavy (non-hydrogen) atoms. The lowest BCUT2D eigenvalue weighted by atomic mass is 9.94. The summed E-state index contributed by atoms with van der Waals surface area (Å²) in [6.07, 6.45) is 0. The molecule has 3 aromatic carbocycles.